The van der Waals surface area contributed by atoms with Crippen LogP contribution in [0.5, 0.6) is 0 Å². The summed E-state index contributed by atoms with van der Waals surface area (Å²) in [4.78, 5) is 24.8. The van der Waals surface area contributed by atoms with Gasteiger partial charge < -0.3 is 15.7 Å². The minimum Gasteiger partial charge on any atom is -0.480 e. The monoisotopic (exact) mass is 257 g/mol. The van der Waals surface area contributed by atoms with Crippen LogP contribution in [0.1, 0.15) is 26.7 Å². The Morgan fingerprint density at radius 3 is 2.89 bits per heavy atom. The van der Waals surface area contributed by atoms with Crippen molar-refractivity contribution in [1.29, 1.82) is 0 Å². The Bertz CT molecular complexity index is 296. The summed E-state index contributed by atoms with van der Waals surface area (Å²) in [6, 6.07) is -1.02. The second kappa shape index (κ2) is 7.33. The summed E-state index contributed by atoms with van der Waals surface area (Å²) < 4.78 is 0. The number of nitrogens with one attached hydrogen (secondary N) is 2. The number of carboxylic acids is 1. The lowest BCUT2D eigenvalue weighted by Gasteiger charge is -2.37. The Kier molecular flexibility index (Phi) is 6.07. The number of nitrogens with zero attached hydrogens (tertiary/aromatic N) is 1. The zero-order valence-electron chi connectivity index (χ0n) is 11.1. The molecule has 0 bridgehead atoms. The third-order valence-corrected chi connectivity index (χ3v) is 3.28. The summed E-state index contributed by atoms with van der Waals surface area (Å²) in [5, 5.41) is 15.0. The van der Waals surface area contributed by atoms with Crippen LogP contribution in [-0.2, 0) is 9.59 Å². The molecule has 1 amide bonds. The van der Waals surface area contributed by atoms with Gasteiger partial charge in [-0.25, -0.2) is 0 Å². The predicted octanol–water partition coefficient (Wildman–Crippen LogP) is -0.350. The molecule has 0 aliphatic carbocycles. The van der Waals surface area contributed by atoms with Crippen molar-refractivity contribution in [1.82, 2.24) is 15.5 Å². The average Bonchev–Trinajstić information content (AvgIpc) is 2.38. The third-order valence-electron chi connectivity index (χ3n) is 3.28. The van der Waals surface area contributed by atoms with Gasteiger partial charge in [-0.1, -0.05) is 13.3 Å². The van der Waals surface area contributed by atoms with Crippen molar-refractivity contribution in [3.8, 4) is 0 Å². The molecule has 0 spiro atoms. The van der Waals surface area contributed by atoms with E-state index in [1.54, 1.807) is 11.8 Å². The number of amides is 1. The molecule has 1 aliphatic heterocycles. The first-order valence-electron chi connectivity index (χ1n) is 6.55. The topological polar surface area (TPSA) is 81.7 Å². The molecule has 3 N–H and O–H groups in total. The number of carboxylic acid groups (broad SMARTS) is 1. The molecule has 0 aromatic heterocycles. The molecule has 0 aromatic carbocycles. The molecule has 0 saturated carbocycles. The molecule has 1 rings (SSSR count). The van der Waals surface area contributed by atoms with E-state index >= 15 is 0 Å². The molecular weight excluding hydrogens is 234 g/mol. The van der Waals surface area contributed by atoms with Gasteiger partial charge in [-0.3, -0.25) is 14.5 Å². The van der Waals surface area contributed by atoms with E-state index in [1.807, 2.05) is 0 Å². The summed E-state index contributed by atoms with van der Waals surface area (Å²) in [7, 11) is 0. The first kappa shape index (κ1) is 14.9. The Balaban J connectivity index is 2.54. The molecule has 0 aromatic rings. The highest BCUT2D eigenvalue weighted by molar-refractivity contribution is 5.82. The van der Waals surface area contributed by atoms with Gasteiger partial charge in [0, 0.05) is 26.2 Å². The van der Waals surface area contributed by atoms with E-state index in [0.717, 1.165) is 19.4 Å². The van der Waals surface area contributed by atoms with Gasteiger partial charge in [0.05, 0.1) is 6.04 Å². The van der Waals surface area contributed by atoms with Gasteiger partial charge in [-0.05, 0) is 13.3 Å². The number of unbranched alkanes of at least 4 members (excludes halogenated alkanes) is 1. The SMILES string of the molecule is CCCCNC(=O)C(C)N1CCNCC1C(=O)O. The second-order valence-electron chi connectivity index (χ2n) is 4.62. The van der Waals surface area contributed by atoms with Gasteiger partial charge in [-0.2, -0.15) is 0 Å². The molecule has 18 heavy (non-hydrogen) atoms. The molecular formula is C12H23N3O3. The van der Waals surface area contributed by atoms with Crippen LogP contribution in [-0.4, -0.2) is 60.1 Å². The van der Waals surface area contributed by atoms with E-state index in [0.29, 0.717) is 19.6 Å². The molecule has 1 fully saturated rings. The highest BCUT2D eigenvalue weighted by Gasteiger charge is 2.34. The molecule has 0 radical (unpaired) electrons. The molecule has 6 heteroatoms. The maximum Gasteiger partial charge on any atom is 0.322 e. The molecule has 2 atom stereocenters. The van der Waals surface area contributed by atoms with Crippen molar-refractivity contribution in [3.05, 3.63) is 0 Å². The highest BCUT2D eigenvalue weighted by atomic mass is 16.4. The van der Waals surface area contributed by atoms with Crippen molar-refractivity contribution < 1.29 is 14.7 Å². The lowest BCUT2D eigenvalue weighted by atomic mass is 10.1. The minimum atomic E-state index is -0.879. The second-order valence-corrected chi connectivity index (χ2v) is 4.62. The number of aliphatic carboxylic acids is 1. The van der Waals surface area contributed by atoms with Crippen molar-refractivity contribution in [2.75, 3.05) is 26.2 Å². The number of rotatable bonds is 6. The number of hydrogen-bond donors (Lipinski definition) is 3. The van der Waals surface area contributed by atoms with E-state index in [4.69, 9.17) is 5.11 Å². The van der Waals surface area contributed by atoms with Crippen LogP contribution in [0.25, 0.3) is 0 Å². The fraction of sp³-hybridized carbons (Fsp3) is 0.833. The van der Waals surface area contributed by atoms with Gasteiger partial charge in [0.15, 0.2) is 0 Å². The summed E-state index contributed by atoms with van der Waals surface area (Å²) >= 11 is 0. The van der Waals surface area contributed by atoms with Crippen LogP contribution >= 0.6 is 0 Å². The molecule has 1 heterocycles. The smallest absolute Gasteiger partial charge is 0.322 e. The van der Waals surface area contributed by atoms with Crippen molar-refractivity contribution in [2.24, 2.45) is 0 Å². The zero-order chi connectivity index (χ0) is 13.5. The first-order valence-corrected chi connectivity index (χ1v) is 6.55. The number of carbonyl (C=O) groups is 2. The Hall–Kier alpha value is -1.14. The fourth-order valence-electron chi connectivity index (χ4n) is 2.10. The van der Waals surface area contributed by atoms with Crippen molar-refractivity contribution in [3.63, 3.8) is 0 Å². The number of hydrogen-bond acceptors (Lipinski definition) is 4. The van der Waals surface area contributed by atoms with E-state index in [9.17, 15) is 9.59 Å². The quantitative estimate of drug-likeness (QED) is 0.567. The third kappa shape index (κ3) is 3.96. The molecule has 2 unspecified atom stereocenters. The zero-order valence-corrected chi connectivity index (χ0v) is 11.1. The molecule has 1 saturated heterocycles. The lowest BCUT2D eigenvalue weighted by molar-refractivity contribution is -0.146. The largest absolute Gasteiger partial charge is 0.480 e. The summed E-state index contributed by atoms with van der Waals surface area (Å²) in [6.07, 6.45) is 1.97. The van der Waals surface area contributed by atoms with Crippen molar-refractivity contribution >= 4 is 11.9 Å². The van der Waals surface area contributed by atoms with Crippen LogP contribution in [0.4, 0.5) is 0 Å². The maximum absolute atomic E-state index is 11.9. The Morgan fingerprint density at radius 2 is 2.28 bits per heavy atom. The van der Waals surface area contributed by atoms with E-state index in [2.05, 4.69) is 17.6 Å². The van der Waals surface area contributed by atoms with E-state index < -0.39 is 18.1 Å². The van der Waals surface area contributed by atoms with Crippen LogP contribution in [0.2, 0.25) is 0 Å². The number of carbonyl (C=O) groups excluding carboxylic acids is 1. The lowest BCUT2D eigenvalue weighted by Crippen LogP contribution is -2.60. The van der Waals surface area contributed by atoms with Crippen LogP contribution in [0, 0.1) is 0 Å². The van der Waals surface area contributed by atoms with E-state index in [-0.39, 0.29) is 5.91 Å². The van der Waals surface area contributed by atoms with Crippen LogP contribution < -0.4 is 10.6 Å². The van der Waals surface area contributed by atoms with Gasteiger partial charge in [0.2, 0.25) is 5.91 Å². The first-order chi connectivity index (χ1) is 8.57. The van der Waals surface area contributed by atoms with Gasteiger partial charge >= 0.3 is 5.97 Å². The van der Waals surface area contributed by atoms with Gasteiger partial charge in [0.1, 0.15) is 6.04 Å². The molecule has 1 aliphatic rings. The van der Waals surface area contributed by atoms with Crippen LogP contribution in [0.3, 0.4) is 0 Å². The minimum absolute atomic E-state index is 0.0865. The standard InChI is InChI=1S/C12H23N3O3/c1-3-4-5-14-11(16)9(2)15-7-6-13-8-10(15)12(17)18/h9-10,13H,3-8H2,1-2H3,(H,14,16)(H,17,18). The normalized spacial score (nSPS) is 22.4. The average molecular weight is 257 g/mol. The fourth-order valence-corrected chi connectivity index (χ4v) is 2.10. The Labute approximate surface area is 108 Å². The number of piperazine rings is 1. The Morgan fingerprint density at radius 1 is 1.56 bits per heavy atom. The molecule has 6 nitrogen and oxygen atoms in total. The van der Waals surface area contributed by atoms with Gasteiger partial charge in [0.25, 0.3) is 0 Å². The predicted molar refractivity (Wildman–Crippen MR) is 68.4 cm³/mol. The summed E-state index contributed by atoms with van der Waals surface area (Å²) in [6.45, 7) is 6.18. The van der Waals surface area contributed by atoms with Gasteiger partial charge in [-0.15, -0.1) is 0 Å². The van der Waals surface area contributed by atoms with Crippen LogP contribution in [0.15, 0.2) is 0 Å². The summed E-state index contributed by atoms with van der Waals surface area (Å²) in [5.74, 6) is -0.966. The highest BCUT2D eigenvalue weighted by Crippen LogP contribution is 2.09. The maximum atomic E-state index is 11.9. The summed E-state index contributed by atoms with van der Waals surface area (Å²) in [5.41, 5.74) is 0. The molecule has 104 valence electrons. The van der Waals surface area contributed by atoms with E-state index in [1.165, 1.54) is 0 Å². The van der Waals surface area contributed by atoms with Crippen molar-refractivity contribution in [2.45, 2.75) is 38.8 Å².